The number of hydrogen-bond donors (Lipinski definition) is 2. The number of rotatable bonds is 3. The van der Waals surface area contributed by atoms with Gasteiger partial charge in [0, 0.05) is 22.2 Å². The van der Waals surface area contributed by atoms with Crippen LogP contribution in [0, 0.1) is 0 Å². The summed E-state index contributed by atoms with van der Waals surface area (Å²) in [5, 5.41) is 1.90. The summed E-state index contributed by atoms with van der Waals surface area (Å²) in [5.41, 5.74) is 11.6. The molecule has 2 aromatic rings. The first kappa shape index (κ1) is 11.0. The molecular weight excluding hydrogens is 242 g/mol. The maximum Gasteiger partial charge on any atom is 0.250 e. The van der Waals surface area contributed by atoms with E-state index >= 15 is 0 Å². The summed E-state index contributed by atoms with van der Waals surface area (Å²) in [7, 11) is 0. The van der Waals surface area contributed by atoms with E-state index in [-0.39, 0.29) is 0 Å². The Bertz CT molecular complexity index is 511. The van der Waals surface area contributed by atoms with Crippen LogP contribution in [-0.2, 0) is 0 Å². The number of anilines is 1. The van der Waals surface area contributed by atoms with E-state index in [0.29, 0.717) is 11.3 Å². The van der Waals surface area contributed by atoms with E-state index in [1.807, 2.05) is 11.4 Å². The van der Waals surface area contributed by atoms with Gasteiger partial charge in [0.05, 0.1) is 5.56 Å². The van der Waals surface area contributed by atoms with Gasteiger partial charge in [-0.25, -0.2) is 4.98 Å². The molecule has 0 saturated heterocycles. The summed E-state index contributed by atoms with van der Waals surface area (Å²) < 4.78 is 0.917. The van der Waals surface area contributed by atoms with Gasteiger partial charge in [-0.3, -0.25) is 4.79 Å². The molecule has 1 aromatic carbocycles. The van der Waals surface area contributed by atoms with Crippen LogP contribution < -0.4 is 11.5 Å². The van der Waals surface area contributed by atoms with Crippen molar-refractivity contribution in [3.05, 3.63) is 35.3 Å². The average Bonchev–Trinajstić information content (AvgIpc) is 2.73. The van der Waals surface area contributed by atoms with Gasteiger partial charge in [0.2, 0.25) is 0 Å². The number of hydrogen-bond acceptors (Lipinski definition) is 5. The van der Waals surface area contributed by atoms with Crippen LogP contribution in [0.2, 0.25) is 0 Å². The molecule has 0 saturated carbocycles. The zero-order chi connectivity index (χ0) is 11.5. The van der Waals surface area contributed by atoms with Crippen LogP contribution in [0.5, 0.6) is 0 Å². The molecule has 16 heavy (non-hydrogen) atoms. The Morgan fingerprint density at radius 1 is 1.44 bits per heavy atom. The van der Waals surface area contributed by atoms with Crippen LogP contribution in [0.3, 0.4) is 0 Å². The summed E-state index contributed by atoms with van der Waals surface area (Å²) >= 11 is 3.02. The number of thiazole rings is 1. The van der Waals surface area contributed by atoms with Gasteiger partial charge in [-0.15, -0.1) is 11.3 Å². The van der Waals surface area contributed by atoms with Gasteiger partial charge in [-0.1, -0.05) is 11.8 Å². The Morgan fingerprint density at radius 3 is 2.88 bits per heavy atom. The van der Waals surface area contributed by atoms with Gasteiger partial charge in [-0.2, -0.15) is 0 Å². The van der Waals surface area contributed by atoms with Crippen LogP contribution in [0.15, 0.2) is 39.0 Å². The number of primary amides is 1. The molecule has 82 valence electrons. The Balaban J connectivity index is 2.29. The van der Waals surface area contributed by atoms with E-state index in [9.17, 15) is 4.79 Å². The van der Waals surface area contributed by atoms with Crippen molar-refractivity contribution in [3.63, 3.8) is 0 Å². The summed E-state index contributed by atoms with van der Waals surface area (Å²) in [6, 6.07) is 5.20. The van der Waals surface area contributed by atoms with Gasteiger partial charge in [-0.05, 0) is 18.2 Å². The summed E-state index contributed by atoms with van der Waals surface area (Å²) in [5.74, 6) is -0.515. The highest BCUT2D eigenvalue weighted by atomic mass is 32.2. The fourth-order valence-electron chi connectivity index (χ4n) is 1.17. The number of aromatic nitrogens is 1. The Kier molecular flexibility index (Phi) is 3.12. The van der Waals surface area contributed by atoms with Crippen molar-refractivity contribution >= 4 is 34.7 Å². The minimum Gasteiger partial charge on any atom is -0.398 e. The van der Waals surface area contributed by atoms with Crippen LogP contribution >= 0.6 is 23.1 Å². The second kappa shape index (κ2) is 4.54. The lowest BCUT2D eigenvalue weighted by Crippen LogP contribution is -2.13. The fourth-order valence-corrected chi connectivity index (χ4v) is 2.81. The lowest BCUT2D eigenvalue weighted by atomic mass is 10.2. The zero-order valence-electron chi connectivity index (χ0n) is 8.21. The van der Waals surface area contributed by atoms with Crippen LogP contribution in [0.25, 0.3) is 0 Å². The maximum atomic E-state index is 11.1. The van der Waals surface area contributed by atoms with Crippen molar-refractivity contribution in [2.45, 2.75) is 9.24 Å². The second-order valence-corrected chi connectivity index (χ2v) is 5.23. The number of nitrogens with zero attached hydrogens (tertiary/aromatic N) is 1. The Hall–Kier alpha value is -1.53. The topological polar surface area (TPSA) is 82.0 Å². The number of amides is 1. The third kappa shape index (κ3) is 2.34. The summed E-state index contributed by atoms with van der Waals surface area (Å²) in [4.78, 5) is 16.1. The number of carbonyl (C=O) groups excluding carboxylic acids is 1. The predicted octanol–water partition coefficient (Wildman–Crippen LogP) is 1.98. The average molecular weight is 251 g/mol. The molecule has 0 fully saturated rings. The molecule has 1 aromatic heterocycles. The van der Waals surface area contributed by atoms with Crippen molar-refractivity contribution in [2.24, 2.45) is 5.73 Å². The highest BCUT2D eigenvalue weighted by Gasteiger charge is 2.08. The Labute approximate surface area is 101 Å². The van der Waals surface area contributed by atoms with E-state index in [2.05, 4.69) is 4.98 Å². The molecule has 4 N–H and O–H groups in total. The number of nitrogen functional groups attached to an aromatic ring is 1. The first-order chi connectivity index (χ1) is 7.66. The first-order valence-electron chi connectivity index (χ1n) is 4.43. The molecule has 1 amide bonds. The molecule has 6 heteroatoms. The van der Waals surface area contributed by atoms with E-state index in [4.69, 9.17) is 11.5 Å². The number of benzene rings is 1. The zero-order valence-corrected chi connectivity index (χ0v) is 9.85. The van der Waals surface area contributed by atoms with Crippen LogP contribution in [0.1, 0.15) is 10.4 Å². The van der Waals surface area contributed by atoms with Gasteiger partial charge in [0.1, 0.15) is 0 Å². The molecule has 0 radical (unpaired) electrons. The monoisotopic (exact) mass is 251 g/mol. The normalized spacial score (nSPS) is 10.2. The quantitative estimate of drug-likeness (QED) is 0.817. The van der Waals surface area contributed by atoms with Crippen molar-refractivity contribution in [2.75, 3.05) is 5.73 Å². The third-order valence-electron chi connectivity index (χ3n) is 1.91. The molecule has 2 rings (SSSR count). The van der Waals surface area contributed by atoms with E-state index in [1.165, 1.54) is 11.8 Å². The number of carbonyl (C=O) groups is 1. The SMILES string of the molecule is NC(=O)c1cc(Sc2nccs2)ccc1N. The van der Waals surface area contributed by atoms with Gasteiger partial charge >= 0.3 is 0 Å². The lowest BCUT2D eigenvalue weighted by Gasteiger charge is -2.03. The molecule has 0 aliphatic carbocycles. The molecule has 0 bridgehead atoms. The molecule has 1 heterocycles. The molecular formula is C10H9N3OS2. The molecule has 0 aliphatic rings. The van der Waals surface area contributed by atoms with Crippen LogP contribution in [0.4, 0.5) is 5.69 Å². The van der Waals surface area contributed by atoms with Crippen molar-refractivity contribution < 1.29 is 4.79 Å². The number of nitrogens with two attached hydrogens (primary N) is 2. The van der Waals surface area contributed by atoms with Gasteiger partial charge < -0.3 is 11.5 Å². The highest BCUT2D eigenvalue weighted by molar-refractivity contribution is 8.01. The first-order valence-corrected chi connectivity index (χ1v) is 6.13. The summed E-state index contributed by atoms with van der Waals surface area (Å²) in [6.07, 6.45) is 1.74. The van der Waals surface area contributed by atoms with Crippen molar-refractivity contribution in [1.29, 1.82) is 0 Å². The van der Waals surface area contributed by atoms with Crippen LogP contribution in [-0.4, -0.2) is 10.9 Å². The van der Waals surface area contributed by atoms with Crippen molar-refractivity contribution in [3.8, 4) is 0 Å². The minimum absolute atomic E-state index is 0.349. The maximum absolute atomic E-state index is 11.1. The third-order valence-corrected chi connectivity index (χ3v) is 3.78. The molecule has 0 spiro atoms. The second-order valence-electron chi connectivity index (χ2n) is 3.01. The standard InChI is InChI=1S/C10H9N3OS2/c11-8-2-1-6(5-7(8)9(12)14)16-10-13-3-4-15-10/h1-5H,11H2,(H2,12,14). The highest BCUT2D eigenvalue weighted by Crippen LogP contribution is 2.30. The van der Waals surface area contributed by atoms with Gasteiger partial charge in [0.25, 0.3) is 5.91 Å². The van der Waals surface area contributed by atoms with Gasteiger partial charge in [0.15, 0.2) is 4.34 Å². The van der Waals surface area contributed by atoms with Crippen molar-refractivity contribution in [1.82, 2.24) is 4.98 Å². The molecule has 0 atom stereocenters. The molecule has 4 nitrogen and oxygen atoms in total. The molecule has 0 aliphatic heterocycles. The smallest absolute Gasteiger partial charge is 0.250 e. The fraction of sp³-hybridized carbons (Fsp3) is 0. The van der Waals surface area contributed by atoms with E-state index < -0.39 is 5.91 Å². The largest absolute Gasteiger partial charge is 0.398 e. The predicted molar refractivity (Wildman–Crippen MR) is 65.6 cm³/mol. The Morgan fingerprint density at radius 2 is 2.25 bits per heavy atom. The van der Waals surface area contributed by atoms with E-state index in [1.54, 1.807) is 29.7 Å². The minimum atomic E-state index is -0.515. The lowest BCUT2D eigenvalue weighted by molar-refractivity contribution is 0.100. The van der Waals surface area contributed by atoms with E-state index in [0.717, 1.165) is 9.24 Å². The molecule has 0 unspecified atom stereocenters. The summed E-state index contributed by atoms with van der Waals surface area (Å²) in [6.45, 7) is 0.